The van der Waals surface area contributed by atoms with Crippen LogP contribution in [0.5, 0.6) is 5.75 Å². The molecular formula is C19H16ClN3O5. The van der Waals surface area contributed by atoms with Gasteiger partial charge in [0.15, 0.2) is 5.78 Å². The second-order valence-corrected chi connectivity index (χ2v) is 6.48. The van der Waals surface area contributed by atoms with Crippen molar-refractivity contribution in [2.45, 2.75) is 13.5 Å². The van der Waals surface area contributed by atoms with Gasteiger partial charge >= 0.3 is 0 Å². The Morgan fingerprint density at radius 3 is 2.54 bits per heavy atom. The standard InChI is InChI=1S/C19H16ClN3O5/c1-10(24)16-18(25)14-7-12(23(26)27)8-15(20)17(14)22-19(16)21-9-11-3-5-13(28-2)6-4-11/h3-8H,9H2,1-2H3,(H2,21,22,25). The maximum absolute atomic E-state index is 12.8. The predicted molar refractivity (Wildman–Crippen MR) is 107 cm³/mol. The second kappa shape index (κ2) is 7.69. The summed E-state index contributed by atoms with van der Waals surface area (Å²) >= 11 is 6.13. The first-order valence-corrected chi connectivity index (χ1v) is 8.61. The van der Waals surface area contributed by atoms with Crippen LogP contribution in [-0.4, -0.2) is 22.8 Å². The molecule has 3 aromatic rings. The van der Waals surface area contributed by atoms with Gasteiger partial charge < -0.3 is 15.0 Å². The lowest BCUT2D eigenvalue weighted by molar-refractivity contribution is -0.384. The highest BCUT2D eigenvalue weighted by Gasteiger charge is 2.20. The molecule has 2 N–H and O–H groups in total. The number of methoxy groups -OCH3 is 1. The lowest BCUT2D eigenvalue weighted by atomic mass is 10.1. The van der Waals surface area contributed by atoms with E-state index in [9.17, 15) is 19.7 Å². The molecule has 2 aromatic carbocycles. The van der Waals surface area contributed by atoms with Crippen molar-refractivity contribution in [1.82, 2.24) is 4.98 Å². The number of fused-ring (bicyclic) bond motifs is 1. The Balaban J connectivity index is 2.08. The summed E-state index contributed by atoms with van der Waals surface area (Å²) in [6.45, 7) is 1.59. The summed E-state index contributed by atoms with van der Waals surface area (Å²) in [5, 5.41) is 14.1. The zero-order valence-electron chi connectivity index (χ0n) is 15.0. The number of benzene rings is 2. The molecule has 0 spiro atoms. The van der Waals surface area contributed by atoms with E-state index in [-0.39, 0.29) is 33.0 Å². The fourth-order valence-electron chi connectivity index (χ4n) is 2.84. The smallest absolute Gasteiger partial charge is 0.271 e. The van der Waals surface area contributed by atoms with Crippen LogP contribution in [0.4, 0.5) is 11.5 Å². The summed E-state index contributed by atoms with van der Waals surface area (Å²) in [4.78, 5) is 38.3. The normalized spacial score (nSPS) is 10.7. The third-order valence-corrected chi connectivity index (χ3v) is 4.54. The molecule has 0 fully saturated rings. The van der Waals surface area contributed by atoms with Crippen molar-refractivity contribution in [2.75, 3.05) is 12.4 Å². The SMILES string of the molecule is COc1ccc(CNc2[nH]c3c(Cl)cc([N+](=O)[O-])cc3c(=O)c2C(C)=O)cc1. The highest BCUT2D eigenvalue weighted by Crippen LogP contribution is 2.28. The monoisotopic (exact) mass is 401 g/mol. The molecule has 1 heterocycles. The number of rotatable bonds is 6. The van der Waals surface area contributed by atoms with Crippen LogP contribution in [-0.2, 0) is 6.54 Å². The molecule has 8 nitrogen and oxygen atoms in total. The minimum absolute atomic E-state index is 0.0144. The van der Waals surface area contributed by atoms with Gasteiger partial charge in [0.25, 0.3) is 5.69 Å². The number of aromatic nitrogens is 1. The van der Waals surface area contributed by atoms with Crippen LogP contribution in [0, 0.1) is 10.1 Å². The van der Waals surface area contributed by atoms with Gasteiger partial charge in [0.1, 0.15) is 17.1 Å². The molecule has 9 heteroatoms. The van der Waals surface area contributed by atoms with Crippen molar-refractivity contribution >= 4 is 39.8 Å². The minimum atomic E-state index is -0.645. The van der Waals surface area contributed by atoms with Crippen molar-refractivity contribution < 1.29 is 14.5 Å². The number of nitro benzene ring substituents is 1. The van der Waals surface area contributed by atoms with E-state index in [4.69, 9.17) is 16.3 Å². The van der Waals surface area contributed by atoms with E-state index >= 15 is 0 Å². The fourth-order valence-corrected chi connectivity index (χ4v) is 3.10. The number of carbonyl (C=O) groups excluding carboxylic acids is 1. The molecule has 144 valence electrons. The number of nitrogens with one attached hydrogen (secondary N) is 2. The maximum Gasteiger partial charge on any atom is 0.271 e. The largest absolute Gasteiger partial charge is 0.497 e. The number of nitrogens with zero attached hydrogens (tertiary/aromatic N) is 1. The first kappa shape index (κ1) is 19.4. The Labute approximate surface area is 164 Å². The van der Waals surface area contributed by atoms with Gasteiger partial charge in [0, 0.05) is 18.7 Å². The van der Waals surface area contributed by atoms with Crippen LogP contribution >= 0.6 is 11.6 Å². The van der Waals surface area contributed by atoms with Crippen molar-refractivity contribution in [3.63, 3.8) is 0 Å². The first-order chi connectivity index (χ1) is 13.3. The number of aromatic amines is 1. The molecule has 0 amide bonds. The quantitative estimate of drug-likeness (QED) is 0.367. The number of H-pyrrole nitrogens is 1. The van der Waals surface area contributed by atoms with Crippen LogP contribution in [0.25, 0.3) is 10.9 Å². The average molecular weight is 402 g/mol. The molecule has 0 aliphatic heterocycles. The van der Waals surface area contributed by atoms with Crippen LogP contribution < -0.4 is 15.5 Å². The molecule has 0 saturated heterocycles. The number of hydrogen-bond donors (Lipinski definition) is 2. The molecule has 0 aliphatic carbocycles. The predicted octanol–water partition coefficient (Wildman–Crippen LogP) is 3.91. The van der Waals surface area contributed by atoms with Crippen molar-refractivity contribution in [1.29, 1.82) is 0 Å². The number of nitro groups is 1. The molecule has 0 atom stereocenters. The molecule has 3 rings (SSSR count). The topological polar surface area (TPSA) is 114 Å². The molecule has 1 aromatic heterocycles. The van der Waals surface area contributed by atoms with Crippen LogP contribution in [0.15, 0.2) is 41.2 Å². The van der Waals surface area contributed by atoms with Crippen molar-refractivity contribution in [2.24, 2.45) is 0 Å². The number of halogens is 1. The molecule has 0 bridgehead atoms. The van der Waals surface area contributed by atoms with E-state index in [1.807, 2.05) is 12.1 Å². The Kier molecular flexibility index (Phi) is 5.32. The highest BCUT2D eigenvalue weighted by molar-refractivity contribution is 6.35. The number of Topliss-reactive ketones (excluding diaryl/α,β-unsaturated/α-hetero) is 1. The van der Waals surface area contributed by atoms with Crippen molar-refractivity contribution in [3.05, 3.63) is 72.9 Å². The van der Waals surface area contributed by atoms with E-state index in [0.717, 1.165) is 17.7 Å². The maximum atomic E-state index is 12.8. The fraction of sp³-hybridized carbons (Fsp3) is 0.158. The second-order valence-electron chi connectivity index (χ2n) is 6.07. The van der Waals surface area contributed by atoms with Crippen LogP contribution in [0.1, 0.15) is 22.8 Å². The molecular weight excluding hydrogens is 386 g/mol. The first-order valence-electron chi connectivity index (χ1n) is 8.23. The molecule has 0 saturated carbocycles. The number of ketones is 1. The number of carbonyl (C=O) groups is 1. The highest BCUT2D eigenvalue weighted by atomic mass is 35.5. The summed E-state index contributed by atoms with van der Waals surface area (Å²) < 4.78 is 5.11. The molecule has 28 heavy (non-hydrogen) atoms. The van der Waals surface area contributed by atoms with Gasteiger partial charge in [-0.05, 0) is 24.6 Å². The van der Waals surface area contributed by atoms with Gasteiger partial charge in [-0.15, -0.1) is 0 Å². The molecule has 0 aliphatic rings. The van der Waals surface area contributed by atoms with Gasteiger partial charge in [-0.25, -0.2) is 0 Å². The van der Waals surface area contributed by atoms with E-state index in [1.54, 1.807) is 19.2 Å². The van der Waals surface area contributed by atoms with E-state index < -0.39 is 16.1 Å². The van der Waals surface area contributed by atoms with Gasteiger partial charge in [-0.1, -0.05) is 23.7 Å². The Bertz CT molecular complexity index is 1140. The number of ether oxygens (including phenoxy) is 1. The summed E-state index contributed by atoms with van der Waals surface area (Å²) in [5.74, 6) is 0.445. The van der Waals surface area contributed by atoms with Crippen molar-refractivity contribution in [3.8, 4) is 5.75 Å². The summed E-state index contributed by atoms with van der Waals surface area (Å²) in [6, 6.07) is 9.54. The van der Waals surface area contributed by atoms with Gasteiger partial charge in [0.05, 0.1) is 28.0 Å². The summed E-state index contributed by atoms with van der Waals surface area (Å²) in [5.41, 5.74) is 0.0589. The van der Waals surface area contributed by atoms with Crippen LogP contribution in [0.3, 0.4) is 0 Å². The van der Waals surface area contributed by atoms with Crippen LogP contribution in [0.2, 0.25) is 5.02 Å². The van der Waals surface area contributed by atoms with E-state index in [1.165, 1.54) is 6.92 Å². The van der Waals surface area contributed by atoms with Gasteiger partial charge in [-0.3, -0.25) is 19.7 Å². The molecule has 0 unspecified atom stereocenters. The third kappa shape index (κ3) is 3.67. The Morgan fingerprint density at radius 2 is 1.96 bits per heavy atom. The average Bonchev–Trinajstić information content (AvgIpc) is 2.66. The number of hydrogen-bond acceptors (Lipinski definition) is 6. The number of pyridine rings is 1. The zero-order valence-corrected chi connectivity index (χ0v) is 15.8. The third-order valence-electron chi connectivity index (χ3n) is 4.24. The van der Waals surface area contributed by atoms with E-state index in [2.05, 4.69) is 10.3 Å². The van der Waals surface area contributed by atoms with Gasteiger partial charge in [0.2, 0.25) is 5.43 Å². The Hall–Kier alpha value is -3.39. The van der Waals surface area contributed by atoms with E-state index in [0.29, 0.717) is 12.3 Å². The zero-order chi connectivity index (χ0) is 20.4. The summed E-state index contributed by atoms with van der Waals surface area (Å²) in [7, 11) is 1.57. The minimum Gasteiger partial charge on any atom is -0.497 e. The van der Waals surface area contributed by atoms with Gasteiger partial charge in [-0.2, -0.15) is 0 Å². The summed E-state index contributed by atoms with van der Waals surface area (Å²) in [6.07, 6.45) is 0. The Morgan fingerprint density at radius 1 is 1.29 bits per heavy atom. The lowest BCUT2D eigenvalue weighted by Crippen LogP contribution is -2.19. The number of anilines is 1. The molecule has 0 radical (unpaired) electrons. The lowest BCUT2D eigenvalue weighted by Gasteiger charge is -2.13. The number of non-ortho nitro benzene ring substituents is 1.